The van der Waals surface area contributed by atoms with Crippen LogP contribution in [0, 0.1) is 0 Å². The van der Waals surface area contributed by atoms with Gasteiger partial charge in [-0.2, -0.15) is 0 Å². The van der Waals surface area contributed by atoms with Gasteiger partial charge in [-0.05, 0) is 36.4 Å². The average Bonchev–Trinajstić information content (AvgIpc) is 2.46. The average molecular weight is 395 g/mol. The number of carbonyl (C=O) groups is 1. The first kappa shape index (κ1) is 20.1. The van der Waals surface area contributed by atoms with E-state index in [1.54, 1.807) is 30.3 Å². The second-order valence-electron chi connectivity index (χ2n) is 4.89. The summed E-state index contributed by atoms with van der Waals surface area (Å²) in [6, 6.07) is 10.5. The second-order valence-corrected chi connectivity index (χ2v) is 6.14. The Morgan fingerprint density at radius 1 is 1.04 bits per heavy atom. The molecule has 0 spiro atoms. The van der Waals surface area contributed by atoms with Crippen LogP contribution in [0.25, 0.3) is 11.1 Å². The quantitative estimate of drug-likeness (QED) is 0.727. The Bertz CT molecular complexity index is 706. The van der Waals surface area contributed by atoms with E-state index in [4.69, 9.17) is 45.6 Å². The number of aliphatic carboxylic acids is 1. The van der Waals surface area contributed by atoms with Crippen LogP contribution in [-0.4, -0.2) is 17.6 Å². The van der Waals surface area contributed by atoms with E-state index in [0.29, 0.717) is 15.1 Å². The summed E-state index contributed by atoms with van der Waals surface area (Å²) < 4.78 is 0. The van der Waals surface area contributed by atoms with Gasteiger partial charge in [0.2, 0.25) is 0 Å². The maximum absolute atomic E-state index is 10.9. The lowest BCUT2D eigenvalue weighted by atomic mass is 9.92. The van der Waals surface area contributed by atoms with Gasteiger partial charge >= 0.3 is 5.97 Å². The summed E-state index contributed by atoms with van der Waals surface area (Å²) in [5.74, 6) is -1.17. The fourth-order valence-electron chi connectivity index (χ4n) is 2.26. The number of nitrogens with two attached hydrogens (primary N) is 1. The summed E-state index contributed by atoms with van der Waals surface area (Å²) in [6.07, 6.45) is -0.0358. The third-order valence-corrected chi connectivity index (χ3v) is 4.27. The zero-order valence-corrected chi connectivity index (χ0v) is 15.0. The normalized spacial score (nSPS) is 11.7. The van der Waals surface area contributed by atoms with Crippen LogP contribution in [0.4, 0.5) is 0 Å². The largest absolute Gasteiger partial charge is 0.481 e. The Kier molecular flexibility index (Phi) is 7.65. The standard InChI is InChI=1S/C16H14Cl3NO2.ClH/c17-11-2-3-12(15(19)7-11)13-5-9(1-4-14(13)18)10(8-20)6-16(21)22;/h1-5,7,10H,6,8,20H2,(H,21,22);1H/t10-;/m0./s1. The smallest absolute Gasteiger partial charge is 0.304 e. The van der Waals surface area contributed by atoms with Gasteiger partial charge in [-0.1, -0.05) is 46.9 Å². The molecule has 7 heteroatoms. The van der Waals surface area contributed by atoms with Crippen LogP contribution in [0.15, 0.2) is 36.4 Å². The zero-order valence-electron chi connectivity index (χ0n) is 11.9. The van der Waals surface area contributed by atoms with Crippen molar-refractivity contribution in [2.75, 3.05) is 6.54 Å². The summed E-state index contributed by atoms with van der Waals surface area (Å²) >= 11 is 18.4. The summed E-state index contributed by atoms with van der Waals surface area (Å²) in [5.41, 5.74) is 7.97. The van der Waals surface area contributed by atoms with E-state index in [1.165, 1.54) is 0 Å². The van der Waals surface area contributed by atoms with Gasteiger partial charge in [0.1, 0.15) is 0 Å². The van der Waals surface area contributed by atoms with Crippen LogP contribution in [0.1, 0.15) is 17.9 Å². The lowest BCUT2D eigenvalue weighted by Gasteiger charge is -2.16. The Balaban J connectivity index is 0.00000264. The van der Waals surface area contributed by atoms with Gasteiger partial charge in [-0.3, -0.25) is 4.79 Å². The highest BCUT2D eigenvalue weighted by Crippen LogP contribution is 2.36. The molecular formula is C16H15Cl4NO2. The Hall–Kier alpha value is -0.970. The number of hydrogen-bond donors (Lipinski definition) is 2. The van der Waals surface area contributed by atoms with Gasteiger partial charge in [-0.15, -0.1) is 12.4 Å². The predicted molar refractivity (Wildman–Crippen MR) is 98.2 cm³/mol. The SMILES string of the molecule is Cl.NC[C@H](CC(=O)O)c1ccc(Cl)c(-c2ccc(Cl)cc2Cl)c1. The van der Waals surface area contributed by atoms with Crippen molar-refractivity contribution in [3.05, 3.63) is 57.0 Å². The fraction of sp³-hybridized carbons (Fsp3) is 0.188. The maximum atomic E-state index is 10.9. The highest BCUT2D eigenvalue weighted by Gasteiger charge is 2.17. The molecule has 0 amide bonds. The van der Waals surface area contributed by atoms with Crippen LogP contribution < -0.4 is 5.73 Å². The van der Waals surface area contributed by atoms with Gasteiger partial charge in [0, 0.05) is 32.1 Å². The van der Waals surface area contributed by atoms with Gasteiger partial charge in [0.05, 0.1) is 6.42 Å². The molecule has 0 saturated heterocycles. The van der Waals surface area contributed by atoms with Crippen molar-refractivity contribution in [3.8, 4) is 11.1 Å². The molecule has 2 aromatic rings. The molecule has 3 N–H and O–H groups in total. The number of benzene rings is 2. The molecule has 3 nitrogen and oxygen atoms in total. The first-order valence-corrected chi connectivity index (χ1v) is 7.72. The molecule has 0 aliphatic rings. The maximum Gasteiger partial charge on any atom is 0.304 e. The summed E-state index contributed by atoms with van der Waals surface area (Å²) in [5, 5.41) is 10.5. The van der Waals surface area contributed by atoms with E-state index in [2.05, 4.69) is 0 Å². The topological polar surface area (TPSA) is 63.3 Å². The Morgan fingerprint density at radius 2 is 1.74 bits per heavy atom. The fourth-order valence-corrected chi connectivity index (χ4v) is 2.99. The molecule has 2 aromatic carbocycles. The van der Waals surface area contributed by atoms with Crippen LogP contribution in [0.3, 0.4) is 0 Å². The molecule has 0 radical (unpaired) electrons. The first-order valence-electron chi connectivity index (χ1n) is 6.59. The lowest BCUT2D eigenvalue weighted by molar-refractivity contribution is -0.137. The molecule has 0 fully saturated rings. The van der Waals surface area contributed by atoms with E-state index in [0.717, 1.165) is 16.7 Å². The van der Waals surface area contributed by atoms with Crippen molar-refractivity contribution in [1.82, 2.24) is 0 Å². The van der Waals surface area contributed by atoms with Crippen LogP contribution in [-0.2, 0) is 4.79 Å². The molecule has 0 aromatic heterocycles. The van der Waals surface area contributed by atoms with Crippen LogP contribution in [0.2, 0.25) is 15.1 Å². The monoisotopic (exact) mass is 393 g/mol. The van der Waals surface area contributed by atoms with Gasteiger partial charge in [0.25, 0.3) is 0 Å². The summed E-state index contributed by atoms with van der Waals surface area (Å²) in [6.45, 7) is 0.238. The molecule has 0 aliphatic carbocycles. The van der Waals surface area contributed by atoms with Crippen LogP contribution >= 0.6 is 47.2 Å². The number of hydrogen-bond acceptors (Lipinski definition) is 2. The minimum Gasteiger partial charge on any atom is -0.481 e. The minimum absolute atomic E-state index is 0. The van der Waals surface area contributed by atoms with E-state index in [9.17, 15) is 4.79 Å². The second kappa shape index (κ2) is 8.76. The number of rotatable bonds is 5. The van der Waals surface area contributed by atoms with E-state index in [-0.39, 0.29) is 31.3 Å². The molecular weight excluding hydrogens is 380 g/mol. The van der Waals surface area contributed by atoms with Gasteiger partial charge < -0.3 is 10.8 Å². The molecule has 0 bridgehead atoms. The van der Waals surface area contributed by atoms with E-state index < -0.39 is 5.97 Å². The summed E-state index contributed by atoms with van der Waals surface area (Å²) in [7, 11) is 0. The molecule has 124 valence electrons. The van der Waals surface area contributed by atoms with Crippen molar-refractivity contribution >= 4 is 53.2 Å². The van der Waals surface area contributed by atoms with Gasteiger partial charge in [-0.25, -0.2) is 0 Å². The minimum atomic E-state index is -0.892. The highest BCUT2D eigenvalue weighted by molar-refractivity contribution is 6.38. The Morgan fingerprint density at radius 3 is 2.30 bits per heavy atom. The number of halogens is 4. The van der Waals surface area contributed by atoms with Crippen molar-refractivity contribution < 1.29 is 9.90 Å². The third-order valence-electron chi connectivity index (χ3n) is 3.39. The first-order chi connectivity index (χ1) is 10.4. The number of carboxylic acids is 1. The highest BCUT2D eigenvalue weighted by atomic mass is 35.5. The van der Waals surface area contributed by atoms with Crippen molar-refractivity contribution in [3.63, 3.8) is 0 Å². The molecule has 0 unspecified atom stereocenters. The van der Waals surface area contributed by atoms with Crippen molar-refractivity contribution in [2.24, 2.45) is 5.73 Å². The lowest BCUT2D eigenvalue weighted by Crippen LogP contribution is -2.16. The third kappa shape index (κ3) is 5.00. The number of carboxylic acid groups (broad SMARTS) is 1. The van der Waals surface area contributed by atoms with Crippen molar-refractivity contribution in [1.29, 1.82) is 0 Å². The summed E-state index contributed by atoms with van der Waals surface area (Å²) in [4.78, 5) is 10.9. The molecule has 1 atom stereocenters. The molecule has 2 rings (SSSR count). The molecule has 23 heavy (non-hydrogen) atoms. The molecule has 0 aliphatic heterocycles. The Labute approximate surface area is 155 Å². The van der Waals surface area contributed by atoms with E-state index >= 15 is 0 Å². The van der Waals surface area contributed by atoms with Crippen molar-refractivity contribution in [2.45, 2.75) is 12.3 Å². The molecule has 0 heterocycles. The predicted octanol–water partition coefficient (Wildman–Crippen LogP) is 5.25. The van der Waals surface area contributed by atoms with E-state index in [1.807, 2.05) is 6.07 Å². The van der Waals surface area contributed by atoms with Crippen LogP contribution in [0.5, 0.6) is 0 Å². The zero-order chi connectivity index (χ0) is 16.3. The van der Waals surface area contributed by atoms with Gasteiger partial charge in [0.15, 0.2) is 0 Å². The molecule has 0 saturated carbocycles.